The summed E-state index contributed by atoms with van der Waals surface area (Å²) in [5.74, 6) is -5.11. The zero-order chi connectivity index (χ0) is 24.2. The topological polar surface area (TPSA) is 141 Å². The number of hydrogen-bond donors (Lipinski definition) is 4. The second-order valence-corrected chi connectivity index (χ2v) is 8.15. The van der Waals surface area contributed by atoms with Crippen LogP contribution < -0.4 is 0 Å². The summed E-state index contributed by atoms with van der Waals surface area (Å²) in [5.41, 5.74) is -2.18. The molecule has 174 valence electrons. The maximum Gasteiger partial charge on any atom is 0.328 e. The van der Waals surface area contributed by atoms with Gasteiger partial charge in [-0.1, -0.05) is 32.1 Å². The van der Waals surface area contributed by atoms with Crippen molar-refractivity contribution in [3.05, 3.63) is 59.1 Å². The van der Waals surface area contributed by atoms with Crippen molar-refractivity contribution in [3.8, 4) is 0 Å². The molecule has 4 N–H and O–H groups in total. The van der Waals surface area contributed by atoms with E-state index in [1.807, 2.05) is 6.92 Å². The van der Waals surface area contributed by atoms with Crippen LogP contribution in [0.4, 0.5) is 0 Å². The molecule has 5 atom stereocenters. The van der Waals surface area contributed by atoms with Crippen molar-refractivity contribution in [3.63, 3.8) is 0 Å². The molecule has 0 amide bonds. The number of carbonyl (C=O) groups excluding carboxylic acids is 2. The van der Waals surface area contributed by atoms with E-state index in [1.165, 1.54) is 26.0 Å². The van der Waals surface area contributed by atoms with E-state index in [4.69, 9.17) is 9.84 Å². The number of allylic oxidation sites excluding steroid dienone is 6. The summed E-state index contributed by atoms with van der Waals surface area (Å²) < 4.78 is 5.85. The Labute approximate surface area is 186 Å². The fourth-order valence-corrected chi connectivity index (χ4v) is 4.15. The largest absolute Gasteiger partial charge is 0.508 e. The molecule has 1 saturated carbocycles. The molecule has 0 saturated heterocycles. The van der Waals surface area contributed by atoms with Gasteiger partial charge < -0.3 is 25.2 Å². The molecule has 0 spiro atoms. The highest BCUT2D eigenvalue weighted by atomic mass is 16.5. The Hall–Kier alpha value is -2.97. The number of Topliss-reactive ketones (excluding diaryl/α,β-unsaturated/α-hetero) is 2. The number of aliphatic hydroxyl groups excluding tert-OH is 2. The Morgan fingerprint density at radius 3 is 2.38 bits per heavy atom. The zero-order valence-corrected chi connectivity index (χ0v) is 18.6. The normalized spacial score (nSPS) is 33.1. The van der Waals surface area contributed by atoms with Gasteiger partial charge in [-0.05, 0) is 32.4 Å². The lowest BCUT2D eigenvalue weighted by atomic mass is 9.63. The Morgan fingerprint density at radius 1 is 1.16 bits per heavy atom. The van der Waals surface area contributed by atoms with E-state index in [0.29, 0.717) is 12.8 Å². The number of hydrogen-bond acceptors (Lipinski definition) is 7. The molecule has 1 aliphatic heterocycles. The molecule has 4 unspecified atom stereocenters. The number of aliphatic carboxylic acids is 1. The summed E-state index contributed by atoms with van der Waals surface area (Å²) >= 11 is 0. The van der Waals surface area contributed by atoms with E-state index >= 15 is 0 Å². The first-order valence-corrected chi connectivity index (χ1v) is 10.5. The lowest BCUT2D eigenvalue weighted by Gasteiger charge is -2.46. The van der Waals surface area contributed by atoms with E-state index in [1.54, 1.807) is 19.1 Å². The second-order valence-electron chi connectivity index (χ2n) is 8.15. The van der Waals surface area contributed by atoms with Crippen LogP contribution in [0.5, 0.6) is 0 Å². The first kappa shape index (κ1) is 25.3. The maximum absolute atomic E-state index is 13.2. The molecule has 2 rings (SSSR count). The molecule has 1 aliphatic carbocycles. The summed E-state index contributed by atoms with van der Waals surface area (Å²) in [6.07, 6.45) is 6.04. The van der Waals surface area contributed by atoms with Crippen molar-refractivity contribution in [1.82, 2.24) is 0 Å². The fraction of sp³-hybridized carbons (Fsp3) is 0.458. The molecular weight excluding hydrogens is 416 g/mol. The van der Waals surface area contributed by atoms with Crippen molar-refractivity contribution in [2.24, 2.45) is 11.8 Å². The van der Waals surface area contributed by atoms with Crippen LogP contribution in [0.3, 0.4) is 0 Å². The van der Waals surface area contributed by atoms with Crippen LogP contribution in [-0.2, 0) is 19.1 Å². The number of rotatable bonds is 7. The average Bonchev–Trinajstić information content (AvgIpc) is 3.02. The van der Waals surface area contributed by atoms with E-state index in [2.05, 4.69) is 0 Å². The van der Waals surface area contributed by atoms with Crippen molar-refractivity contribution in [2.45, 2.75) is 58.3 Å². The SMILES string of the molecule is C/C=C/C=C/C(O)=C1/C(=O)C(C)C(O)[C@@](C)(O)C1C1OC(CCC)=C(/C=C/C(=O)O)C1=O. The smallest absolute Gasteiger partial charge is 0.328 e. The van der Waals surface area contributed by atoms with Gasteiger partial charge in [-0.3, -0.25) is 9.59 Å². The molecular formula is C24H30O8. The van der Waals surface area contributed by atoms with Crippen LogP contribution in [0.25, 0.3) is 0 Å². The van der Waals surface area contributed by atoms with E-state index in [9.17, 15) is 29.7 Å². The first-order chi connectivity index (χ1) is 15.0. The van der Waals surface area contributed by atoms with Crippen LogP contribution in [0.15, 0.2) is 59.1 Å². The standard InChI is InChI=1S/C24H30O8/c1-5-7-8-10-15(25)18-19(24(4,31)23(30)13(3)20(18)28)22-21(29)14(11-12-17(26)27)16(32-22)9-6-2/h5,7-8,10-13,19,22-23,25,30-31H,6,9H2,1-4H3,(H,26,27)/b7-5+,10-8+,12-11+,18-15-/t13?,19?,22?,23?,24-/m0/s1. The van der Waals surface area contributed by atoms with E-state index < -0.39 is 52.9 Å². The highest BCUT2D eigenvalue weighted by Gasteiger charge is 2.59. The minimum Gasteiger partial charge on any atom is -0.508 e. The third kappa shape index (κ3) is 4.76. The van der Waals surface area contributed by atoms with Gasteiger partial charge in [-0.15, -0.1) is 0 Å². The van der Waals surface area contributed by atoms with Crippen molar-refractivity contribution >= 4 is 17.5 Å². The van der Waals surface area contributed by atoms with Crippen molar-refractivity contribution < 1.29 is 39.5 Å². The van der Waals surface area contributed by atoms with E-state index in [0.717, 1.165) is 12.2 Å². The highest BCUT2D eigenvalue weighted by molar-refractivity contribution is 6.07. The molecule has 0 radical (unpaired) electrons. The van der Waals surface area contributed by atoms with Gasteiger partial charge >= 0.3 is 5.97 Å². The lowest BCUT2D eigenvalue weighted by Crippen LogP contribution is -2.61. The maximum atomic E-state index is 13.2. The Bertz CT molecular complexity index is 932. The third-order valence-electron chi connectivity index (χ3n) is 5.79. The van der Waals surface area contributed by atoms with Gasteiger partial charge in [-0.2, -0.15) is 0 Å². The van der Waals surface area contributed by atoms with E-state index in [-0.39, 0.29) is 16.9 Å². The summed E-state index contributed by atoms with van der Waals surface area (Å²) in [5, 5.41) is 41.5. The monoisotopic (exact) mass is 446 g/mol. The quantitative estimate of drug-likeness (QED) is 0.266. The minimum atomic E-state index is -1.99. The summed E-state index contributed by atoms with van der Waals surface area (Å²) in [6, 6.07) is 0. The number of ether oxygens (including phenoxy) is 1. The molecule has 8 heteroatoms. The summed E-state index contributed by atoms with van der Waals surface area (Å²) in [4.78, 5) is 37.3. The highest BCUT2D eigenvalue weighted by Crippen LogP contribution is 2.46. The average molecular weight is 446 g/mol. The molecule has 0 aromatic carbocycles. The second kappa shape index (κ2) is 10.1. The molecule has 8 nitrogen and oxygen atoms in total. The molecule has 0 aromatic heterocycles. The minimum absolute atomic E-state index is 0.0268. The molecule has 1 heterocycles. The van der Waals surface area contributed by atoms with Crippen LogP contribution in [0.2, 0.25) is 0 Å². The van der Waals surface area contributed by atoms with Crippen LogP contribution in [0.1, 0.15) is 40.5 Å². The number of carboxylic acids is 1. The molecule has 0 aromatic rings. The Balaban J connectivity index is 2.64. The predicted molar refractivity (Wildman–Crippen MR) is 116 cm³/mol. The Morgan fingerprint density at radius 2 is 1.81 bits per heavy atom. The van der Waals surface area contributed by atoms with Crippen LogP contribution in [-0.4, -0.2) is 55.8 Å². The number of carbonyl (C=O) groups is 3. The number of aliphatic hydroxyl groups is 3. The number of ketones is 2. The van der Waals surface area contributed by atoms with Crippen LogP contribution in [0, 0.1) is 11.8 Å². The number of carboxylic acid groups (broad SMARTS) is 1. The van der Waals surface area contributed by atoms with Gasteiger partial charge in [0.2, 0.25) is 5.78 Å². The van der Waals surface area contributed by atoms with Crippen molar-refractivity contribution in [1.29, 1.82) is 0 Å². The van der Waals surface area contributed by atoms with Crippen LogP contribution >= 0.6 is 0 Å². The first-order valence-electron chi connectivity index (χ1n) is 10.5. The Kier molecular flexibility index (Phi) is 7.98. The fourth-order valence-electron chi connectivity index (χ4n) is 4.15. The van der Waals surface area contributed by atoms with Gasteiger partial charge in [-0.25, -0.2) is 4.79 Å². The van der Waals surface area contributed by atoms with Gasteiger partial charge in [0.05, 0.1) is 23.2 Å². The third-order valence-corrected chi connectivity index (χ3v) is 5.79. The van der Waals surface area contributed by atoms with Gasteiger partial charge in [0.1, 0.15) is 11.5 Å². The summed E-state index contributed by atoms with van der Waals surface area (Å²) in [7, 11) is 0. The molecule has 0 bridgehead atoms. The van der Waals surface area contributed by atoms with Gasteiger partial charge in [0.15, 0.2) is 11.9 Å². The van der Waals surface area contributed by atoms with Gasteiger partial charge in [0.25, 0.3) is 0 Å². The lowest BCUT2D eigenvalue weighted by molar-refractivity contribution is -0.167. The van der Waals surface area contributed by atoms with Crippen molar-refractivity contribution in [2.75, 3.05) is 0 Å². The zero-order valence-electron chi connectivity index (χ0n) is 18.6. The van der Waals surface area contributed by atoms with Gasteiger partial charge in [0, 0.05) is 24.0 Å². The predicted octanol–water partition coefficient (Wildman–Crippen LogP) is 2.54. The molecule has 1 fully saturated rings. The molecule has 32 heavy (non-hydrogen) atoms. The molecule has 2 aliphatic rings. The summed E-state index contributed by atoms with van der Waals surface area (Å²) in [6.45, 7) is 6.33.